The Bertz CT molecular complexity index is 591. The lowest BCUT2D eigenvalue weighted by molar-refractivity contribution is 0.398. The van der Waals surface area contributed by atoms with E-state index in [2.05, 4.69) is 20.5 Å². The highest BCUT2D eigenvalue weighted by Gasteiger charge is 2.19. The van der Waals surface area contributed by atoms with Gasteiger partial charge >= 0.3 is 0 Å². The number of hydrogen-bond donors (Lipinski definition) is 2. The van der Waals surface area contributed by atoms with Gasteiger partial charge < -0.3 is 5.32 Å². The Morgan fingerprint density at radius 2 is 2.15 bits per heavy atom. The van der Waals surface area contributed by atoms with E-state index in [9.17, 15) is 8.78 Å². The molecule has 0 spiro atoms. The second kappa shape index (κ2) is 5.66. The molecule has 1 atom stereocenters. The summed E-state index contributed by atoms with van der Waals surface area (Å²) in [5, 5.41) is 10.4. The summed E-state index contributed by atoms with van der Waals surface area (Å²) in [6, 6.07) is 3.74. The number of rotatable bonds is 3. The molecular weight excluding hydrogens is 262 g/mol. The number of piperidine rings is 1. The molecule has 2 heterocycles. The van der Waals surface area contributed by atoms with Crippen LogP contribution in [0.15, 0.2) is 18.2 Å². The number of nitrogens with zero attached hydrogens (tertiary/aromatic N) is 2. The lowest BCUT2D eigenvalue weighted by atomic mass is 10.0. The number of nitrogens with one attached hydrogen (secondary N) is 2. The molecule has 1 saturated heterocycles. The van der Waals surface area contributed by atoms with Gasteiger partial charge in [-0.3, -0.25) is 5.10 Å². The van der Waals surface area contributed by atoms with Gasteiger partial charge in [0.2, 0.25) is 0 Å². The molecule has 2 aromatic rings. The Morgan fingerprint density at radius 3 is 2.90 bits per heavy atom. The van der Waals surface area contributed by atoms with Crippen molar-refractivity contribution in [1.82, 2.24) is 20.5 Å². The van der Waals surface area contributed by atoms with Crippen LogP contribution >= 0.6 is 0 Å². The molecule has 1 aromatic carbocycles. The maximum Gasteiger partial charge on any atom is 0.167 e. The van der Waals surface area contributed by atoms with Crippen molar-refractivity contribution in [3.63, 3.8) is 0 Å². The van der Waals surface area contributed by atoms with E-state index in [-0.39, 0.29) is 12.5 Å². The van der Waals surface area contributed by atoms with Crippen LogP contribution in [0.5, 0.6) is 0 Å². The van der Waals surface area contributed by atoms with E-state index >= 15 is 0 Å². The number of hydrogen-bond acceptors (Lipinski definition) is 3. The number of H-pyrrole nitrogens is 1. The van der Waals surface area contributed by atoms with Crippen LogP contribution in [-0.2, 0) is 6.42 Å². The number of halogens is 2. The Labute approximate surface area is 115 Å². The van der Waals surface area contributed by atoms with Crippen LogP contribution in [0.25, 0.3) is 0 Å². The SMILES string of the molecule is Fc1ccc(Cc2nc(C3CCCCN3)n[nH]2)c(F)c1. The molecule has 6 heteroatoms. The number of aromatic nitrogens is 3. The van der Waals surface area contributed by atoms with Crippen molar-refractivity contribution in [2.24, 2.45) is 0 Å². The molecule has 1 aliphatic heterocycles. The molecule has 0 aliphatic carbocycles. The second-order valence-electron chi connectivity index (χ2n) is 5.06. The quantitative estimate of drug-likeness (QED) is 0.907. The van der Waals surface area contributed by atoms with Crippen molar-refractivity contribution < 1.29 is 8.78 Å². The Balaban J connectivity index is 1.73. The van der Waals surface area contributed by atoms with Crippen LogP contribution in [0, 0.1) is 11.6 Å². The maximum atomic E-state index is 13.6. The third-order valence-electron chi connectivity index (χ3n) is 3.54. The largest absolute Gasteiger partial charge is 0.307 e. The molecule has 3 rings (SSSR count). The molecule has 1 aliphatic rings. The monoisotopic (exact) mass is 278 g/mol. The minimum Gasteiger partial charge on any atom is -0.307 e. The summed E-state index contributed by atoms with van der Waals surface area (Å²) in [7, 11) is 0. The van der Waals surface area contributed by atoms with Gasteiger partial charge in [0, 0.05) is 12.5 Å². The molecule has 0 radical (unpaired) electrons. The Morgan fingerprint density at radius 1 is 1.25 bits per heavy atom. The molecule has 1 aromatic heterocycles. The first kappa shape index (κ1) is 13.2. The fourth-order valence-electron chi connectivity index (χ4n) is 2.46. The van der Waals surface area contributed by atoms with E-state index in [0.29, 0.717) is 11.4 Å². The van der Waals surface area contributed by atoms with Gasteiger partial charge in [-0.2, -0.15) is 5.10 Å². The highest BCUT2D eigenvalue weighted by molar-refractivity contribution is 5.22. The summed E-state index contributed by atoms with van der Waals surface area (Å²) < 4.78 is 26.4. The van der Waals surface area contributed by atoms with E-state index in [1.54, 1.807) is 0 Å². The van der Waals surface area contributed by atoms with Crippen molar-refractivity contribution >= 4 is 0 Å². The highest BCUT2D eigenvalue weighted by atomic mass is 19.1. The molecule has 2 N–H and O–H groups in total. The van der Waals surface area contributed by atoms with Gasteiger partial charge in [-0.25, -0.2) is 13.8 Å². The number of benzene rings is 1. The van der Waals surface area contributed by atoms with E-state index in [0.717, 1.165) is 31.3 Å². The predicted molar refractivity (Wildman–Crippen MR) is 70.1 cm³/mol. The zero-order valence-corrected chi connectivity index (χ0v) is 11.0. The van der Waals surface area contributed by atoms with Crippen LogP contribution < -0.4 is 5.32 Å². The first-order valence-corrected chi connectivity index (χ1v) is 6.81. The topological polar surface area (TPSA) is 53.6 Å². The summed E-state index contributed by atoms with van der Waals surface area (Å²) in [4.78, 5) is 4.40. The molecule has 4 nitrogen and oxygen atoms in total. The average molecular weight is 278 g/mol. The minimum atomic E-state index is -0.573. The van der Waals surface area contributed by atoms with Crippen molar-refractivity contribution in [2.45, 2.75) is 31.7 Å². The second-order valence-corrected chi connectivity index (χ2v) is 5.06. The Hall–Kier alpha value is -1.82. The molecule has 20 heavy (non-hydrogen) atoms. The van der Waals surface area contributed by atoms with Crippen LogP contribution in [0.2, 0.25) is 0 Å². The van der Waals surface area contributed by atoms with Crippen LogP contribution in [-0.4, -0.2) is 21.7 Å². The summed E-state index contributed by atoms with van der Waals surface area (Å²) in [6.07, 6.45) is 3.64. The summed E-state index contributed by atoms with van der Waals surface area (Å²) in [6.45, 7) is 0.973. The van der Waals surface area contributed by atoms with Gasteiger partial charge in [-0.05, 0) is 31.0 Å². The molecular formula is C14H16F2N4. The molecule has 0 amide bonds. The number of aromatic amines is 1. The summed E-state index contributed by atoms with van der Waals surface area (Å²) >= 11 is 0. The lowest BCUT2D eigenvalue weighted by Crippen LogP contribution is -2.27. The first-order valence-electron chi connectivity index (χ1n) is 6.81. The third-order valence-corrected chi connectivity index (χ3v) is 3.54. The smallest absolute Gasteiger partial charge is 0.167 e. The van der Waals surface area contributed by atoms with Crippen molar-refractivity contribution in [2.75, 3.05) is 6.54 Å². The molecule has 1 unspecified atom stereocenters. The average Bonchev–Trinajstić information content (AvgIpc) is 2.92. The molecule has 106 valence electrons. The van der Waals surface area contributed by atoms with Crippen LogP contribution in [0.1, 0.15) is 42.5 Å². The van der Waals surface area contributed by atoms with Crippen LogP contribution in [0.3, 0.4) is 0 Å². The van der Waals surface area contributed by atoms with Gasteiger partial charge in [-0.15, -0.1) is 0 Å². The van der Waals surface area contributed by atoms with E-state index < -0.39 is 11.6 Å². The van der Waals surface area contributed by atoms with Gasteiger partial charge in [0.1, 0.15) is 17.5 Å². The third kappa shape index (κ3) is 2.85. The lowest BCUT2D eigenvalue weighted by Gasteiger charge is -2.20. The zero-order chi connectivity index (χ0) is 13.9. The fourth-order valence-corrected chi connectivity index (χ4v) is 2.46. The van der Waals surface area contributed by atoms with Gasteiger partial charge in [-0.1, -0.05) is 12.5 Å². The van der Waals surface area contributed by atoms with Gasteiger partial charge in [0.05, 0.1) is 6.04 Å². The molecule has 0 saturated carbocycles. The summed E-state index contributed by atoms with van der Waals surface area (Å²) in [5.74, 6) is 0.190. The van der Waals surface area contributed by atoms with E-state index in [1.807, 2.05) is 0 Å². The fraction of sp³-hybridized carbons (Fsp3) is 0.429. The molecule has 0 bridgehead atoms. The van der Waals surface area contributed by atoms with Crippen LogP contribution in [0.4, 0.5) is 8.78 Å². The van der Waals surface area contributed by atoms with Crippen molar-refractivity contribution in [3.8, 4) is 0 Å². The maximum absolute atomic E-state index is 13.6. The normalized spacial score (nSPS) is 19.2. The minimum absolute atomic E-state index is 0.173. The van der Waals surface area contributed by atoms with Gasteiger partial charge in [0.15, 0.2) is 5.82 Å². The van der Waals surface area contributed by atoms with E-state index in [1.165, 1.54) is 18.6 Å². The van der Waals surface area contributed by atoms with Crippen molar-refractivity contribution in [1.29, 1.82) is 0 Å². The van der Waals surface area contributed by atoms with Gasteiger partial charge in [0.25, 0.3) is 0 Å². The standard InChI is InChI=1S/C14H16F2N4/c15-10-5-4-9(11(16)8-10)7-13-18-14(20-19-13)12-3-1-2-6-17-12/h4-5,8,12,17H,1-3,6-7H2,(H,18,19,20). The predicted octanol–water partition coefficient (Wildman–Crippen LogP) is 2.49. The summed E-state index contributed by atoms with van der Waals surface area (Å²) in [5.41, 5.74) is 0.408. The zero-order valence-electron chi connectivity index (χ0n) is 11.0. The highest BCUT2D eigenvalue weighted by Crippen LogP contribution is 2.20. The first-order chi connectivity index (χ1) is 9.72. The van der Waals surface area contributed by atoms with E-state index in [4.69, 9.17) is 0 Å². The Kier molecular flexibility index (Phi) is 3.73. The molecule has 1 fully saturated rings. The van der Waals surface area contributed by atoms with Crippen molar-refractivity contribution in [3.05, 3.63) is 47.0 Å².